The minimum Gasteiger partial charge on any atom is -0.462 e. The Hall–Kier alpha value is -0.850. The normalized spacial score (nSPS) is 17.3. The minimum absolute atomic E-state index is 0.349. The Morgan fingerprint density at radius 1 is 1.41 bits per heavy atom. The van der Waals surface area contributed by atoms with Crippen LogP contribution in [-0.2, 0) is 9.53 Å². The van der Waals surface area contributed by atoms with Gasteiger partial charge in [-0.3, -0.25) is 4.90 Å². The number of rotatable bonds is 4. The molecular weight excluding hydrogens is 372 g/mol. The number of esters is 1. The van der Waals surface area contributed by atoms with Gasteiger partial charge >= 0.3 is 5.97 Å². The van der Waals surface area contributed by atoms with Gasteiger partial charge in [0, 0.05) is 13.1 Å². The fourth-order valence-corrected chi connectivity index (χ4v) is 2.63. The summed E-state index contributed by atoms with van der Waals surface area (Å²) in [5.74, 6) is 0.0829. The Kier molecular flexibility index (Phi) is 5.69. The number of carbonyl (C=O) groups excluding carboxylic acids is 1. The number of ether oxygens (including phenoxy) is 2. The van der Waals surface area contributed by atoms with E-state index in [4.69, 9.17) is 21.1 Å². The highest BCUT2D eigenvalue weighted by Crippen LogP contribution is 2.26. The average molecular weight is 392 g/mol. The molecule has 1 unspecified atom stereocenters. The lowest BCUT2D eigenvalue weighted by molar-refractivity contribution is -0.172. The molecule has 0 spiro atoms. The number of hydrogen-bond acceptors (Lipinski definition) is 5. The van der Waals surface area contributed by atoms with Crippen molar-refractivity contribution in [3.8, 4) is 5.75 Å². The molecule has 0 aliphatic carbocycles. The van der Waals surface area contributed by atoms with Gasteiger partial charge in [-0.15, -0.1) is 0 Å². The smallest absolute Gasteiger partial charge is 0.363 e. The van der Waals surface area contributed by atoms with Gasteiger partial charge in [-0.25, -0.2) is 9.78 Å². The molecule has 2 heterocycles. The van der Waals surface area contributed by atoms with Crippen molar-refractivity contribution in [1.82, 2.24) is 9.88 Å². The third kappa shape index (κ3) is 4.83. The Bertz CT molecular complexity index is 542. The molecule has 0 amide bonds. The zero-order valence-corrected chi connectivity index (χ0v) is 15.3. The molecule has 0 saturated carbocycles. The third-order valence-corrected chi connectivity index (χ3v) is 4.23. The zero-order valence-electron chi connectivity index (χ0n) is 12.9. The van der Waals surface area contributed by atoms with Gasteiger partial charge in [-0.2, -0.15) is 0 Å². The summed E-state index contributed by atoms with van der Waals surface area (Å²) in [6, 6.07) is 1.70. The lowest BCUT2D eigenvalue weighted by atomic mass is 10.2. The van der Waals surface area contributed by atoms with Gasteiger partial charge in [0.25, 0.3) is 6.23 Å². The highest BCUT2D eigenvalue weighted by molar-refractivity contribution is 9.10. The van der Waals surface area contributed by atoms with Crippen molar-refractivity contribution in [2.24, 2.45) is 0 Å². The van der Waals surface area contributed by atoms with Crippen molar-refractivity contribution in [1.29, 1.82) is 0 Å². The molecule has 1 aromatic rings. The van der Waals surface area contributed by atoms with E-state index >= 15 is 0 Å². The summed E-state index contributed by atoms with van der Waals surface area (Å²) in [6.07, 6.45) is 2.83. The minimum atomic E-state index is -0.767. The van der Waals surface area contributed by atoms with Crippen LogP contribution in [0, 0.1) is 0 Å². The van der Waals surface area contributed by atoms with Crippen molar-refractivity contribution in [3.05, 3.63) is 21.9 Å². The second-order valence-electron chi connectivity index (χ2n) is 6.19. The third-order valence-electron chi connectivity index (χ3n) is 3.10. The van der Waals surface area contributed by atoms with Crippen molar-refractivity contribution in [2.75, 3.05) is 13.1 Å². The largest absolute Gasteiger partial charge is 0.462 e. The highest BCUT2D eigenvalue weighted by Gasteiger charge is 2.34. The van der Waals surface area contributed by atoms with E-state index in [1.54, 1.807) is 6.07 Å². The number of nitrogens with zero attached hydrogens (tertiary/aromatic N) is 2. The number of halogens is 2. The summed E-state index contributed by atoms with van der Waals surface area (Å²) in [5.41, 5.74) is -0.558. The van der Waals surface area contributed by atoms with Gasteiger partial charge in [0.05, 0.1) is 10.7 Å². The van der Waals surface area contributed by atoms with Crippen LogP contribution in [0.25, 0.3) is 0 Å². The number of aromatic nitrogens is 1. The summed E-state index contributed by atoms with van der Waals surface area (Å²) in [7, 11) is 0. The average Bonchev–Trinajstić information content (AvgIpc) is 2.91. The van der Waals surface area contributed by atoms with Crippen LogP contribution in [0.15, 0.2) is 16.7 Å². The fraction of sp³-hybridized carbons (Fsp3) is 0.600. The summed E-state index contributed by atoms with van der Waals surface area (Å²) in [6.45, 7) is 7.14. The van der Waals surface area contributed by atoms with Gasteiger partial charge < -0.3 is 9.47 Å². The number of carbonyl (C=O) groups is 1. The van der Waals surface area contributed by atoms with Gasteiger partial charge in [0.15, 0.2) is 0 Å². The first-order chi connectivity index (χ1) is 10.3. The molecule has 22 heavy (non-hydrogen) atoms. The van der Waals surface area contributed by atoms with E-state index in [9.17, 15) is 4.79 Å². The molecule has 0 radical (unpaired) electrons. The first-order valence-electron chi connectivity index (χ1n) is 7.21. The monoisotopic (exact) mass is 390 g/mol. The van der Waals surface area contributed by atoms with Crippen LogP contribution < -0.4 is 4.74 Å². The van der Waals surface area contributed by atoms with E-state index in [0.717, 1.165) is 25.9 Å². The molecule has 1 aromatic heterocycles. The van der Waals surface area contributed by atoms with E-state index < -0.39 is 11.8 Å². The van der Waals surface area contributed by atoms with Crippen LogP contribution in [0.4, 0.5) is 0 Å². The predicted molar refractivity (Wildman–Crippen MR) is 88.0 cm³/mol. The Morgan fingerprint density at radius 2 is 2.05 bits per heavy atom. The first-order valence-corrected chi connectivity index (χ1v) is 8.38. The molecule has 7 heteroatoms. The second kappa shape index (κ2) is 7.15. The molecule has 0 aromatic carbocycles. The topological polar surface area (TPSA) is 51.7 Å². The molecule has 1 saturated heterocycles. The second-order valence-corrected chi connectivity index (χ2v) is 7.40. The lowest BCUT2D eigenvalue weighted by Crippen LogP contribution is -2.46. The molecule has 1 atom stereocenters. The summed E-state index contributed by atoms with van der Waals surface area (Å²) in [5, 5.41) is 0.349. The summed E-state index contributed by atoms with van der Waals surface area (Å²) in [4.78, 5) is 18.5. The molecule has 2 rings (SSSR count). The lowest BCUT2D eigenvalue weighted by Gasteiger charge is -2.29. The predicted octanol–water partition coefficient (Wildman–Crippen LogP) is 3.64. The van der Waals surface area contributed by atoms with Gasteiger partial charge in [0.1, 0.15) is 16.5 Å². The standard InChI is InChI=1S/C15H20BrClN2O3/c1-15(2,3)22-14(20)13(19-6-4-5-7-19)21-10-8-11(16)12(17)18-9-10/h8-9,13H,4-7H2,1-3H3. The number of likely N-dealkylation sites (tertiary alicyclic amines) is 1. The molecule has 1 aliphatic heterocycles. The Morgan fingerprint density at radius 3 is 2.59 bits per heavy atom. The maximum absolute atomic E-state index is 12.5. The Balaban J connectivity index is 2.16. The van der Waals surface area contributed by atoms with Crippen molar-refractivity contribution in [2.45, 2.75) is 45.4 Å². The fourth-order valence-electron chi connectivity index (χ4n) is 2.20. The maximum atomic E-state index is 12.5. The molecule has 1 aliphatic rings. The van der Waals surface area contributed by atoms with Gasteiger partial charge in [0.2, 0.25) is 0 Å². The van der Waals surface area contributed by atoms with Gasteiger partial charge in [-0.05, 0) is 55.6 Å². The highest BCUT2D eigenvalue weighted by atomic mass is 79.9. The summed E-state index contributed by atoms with van der Waals surface area (Å²) >= 11 is 9.18. The van der Waals surface area contributed by atoms with E-state index in [1.165, 1.54) is 6.20 Å². The van der Waals surface area contributed by atoms with E-state index in [-0.39, 0.29) is 5.97 Å². The van der Waals surface area contributed by atoms with Crippen LogP contribution in [0.5, 0.6) is 5.75 Å². The number of hydrogen-bond donors (Lipinski definition) is 0. The van der Waals surface area contributed by atoms with Crippen molar-refractivity contribution < 1.29 is 14.3 Å². The molecule has 5 nitrogen and oxygen atoms in total. The summed E-state index contributed by atoms with van der Waals surface area (Å²) < 4.78 is 11.9. The maximum Gasteiger partial charge on any atom is 0.363 e. The van der Waals surface area contributed by atoms with Crippen LogP contribution in [-0.4, -0.2) is 40.8 Å². The number of pyridine rings is 1. The van der Waals surface area contributed by atoms with E-state index in [0.29, 0.717) is 15.4 Å². The van der Waals surface area contributed by atoms with Crippen LogP contribution in [0.2, 0.25) is 5.15 Å². The van der Waals surface area contributed by atoms with Crippen LogP contribution in [0.3, 0.4) is 0 Å². The molecule has 1 fully saturated rings. The van der Waals surface area contributed by atoms with E-state index in [2.05, 4.69) is 20.9 Å². The van der Waals surface area contributed by atoms with Crippen LogP contribution >= 0.6 is 27.5 Å². The zero-order chi connectivity index (χ0) is 16.3. The Labute approximate surface area is 144 Å². The SMILES string of the molecule is CC(C)(C)OC(=O)C(Oc1cnc(Cl)c(Br)c1)N1CCCC1. The molecule has 122 valence electrons. The van der Waals surface area contributed by atoms with Crippen molar-refractivity contribution in [3.63, 3.8) is 0 Å². The molecule has 0 N–H and O–H groups in total. The van der Waals surface area contributed by atoms with Crippen molar-refractivity contribution >= 4 is 33.5 Å². The van der Waals surface area contributed by atoms with Crippen LogP contribution in [0.1, 0.15) is 33.6 Å². The molecular formula is C15H20BrClN2O3. The van der Waals surface area contributed by atoms with E-state index in [1.807, 2.05) is 25.7 Å². The first kappa shape index (κ1) is 17.5. The van der Waals surface area contributed by atoms with Gasteiger partial charge in [-0.1, -0.05) is 11.6 Å². The quantitative estimate of drug-likeness (QED) is 0.579. The molecule has 0 bridgehead atoms.